The van der Waals surface area contributed by atoms with Crippen LogP contribution in [0.25, 0.3) is 0 Å². The lowest BCUT2D eigenvalue weighted by atomic mass is 9.96. The highest BCUT2D eigenvalue weighted by Gasteiger charge is 2.52. The smallest absolute Gasteiger partial charge is 0.300 e. The average molecular weight is 484 g/mol. The molecule has 36 heavy (non-hydrogen) atoms. The summed E-state index contributed by atoms with van der Waals surface area (Å²) in [7, 11) is 0. The highest BCUT2D eigenvalue weighted by atomic mass is 16.2. The van der Waals surface area contributed by atoms with Crippen molar-refractivity contribution in [3.63, 3.8) is 0 Å². The van der Waals surface area contributed by atoms with Gasteiger partial charge in [0, 0.05) is 31.4 Å². The predicted octanol–water partition coefficient (Wildman–Crippen LogP) is 4.81. The molecule has 1 aliphatic heterocycles. The van der Waals surface area contributed by atoms with Gasteiger partial charge in [-0.1, -0.05) is 48.5 Å². The quantitative estimate of drug-likeness (QED) is 0.406. The molecular weight excluding hydrogens is 450 g/mol. The molecule has 0 aliphatic carbocycles. The molecule has 3 aromatic rings. The fourth-order valence-electron chi connectivity index (χ4n) is 4.52. The summed E-state index contributed by atoms with van der Waals surface area (Å²) in [4.78, 5) is 28.7. The number of amides is 2. The molecule has 4 rings (SSSR count). The molecule has 0 radical (unpaired) electrons. The van der Waals surface area contributed by atoms with Crippen LogP contribution in [0.3, 0.4) is 0 Å². The van der Waals surface area contributed by atoms with Gasteiger partial charge in [-0.15, -0.1) is 0 Å². The van der Waals surface area contributed by atoms with E-state index >= 15 is 0 Å². The molecule has 2 N–H and O–H groups in total. The van der Waals surface area contributed by atoms with Crippen molar-refractivity contribution in [2.45, 2.75) is 39.3 Å². The van der Waals surface area contributed by atoms with Crippen LogP contribution in [0, 0.1) is 0 Å². The van der Waals surface area contributed by atoms with E-state index in [1.54, 1.807) is 0 Å². The predicted molar refractivity (Wildman–Crippen MR) is 146 cm³/mol. The van der Waals surface area contributed by atoms with E-state index in [-0.39, 0.29) is 11.8 Å². The first-order chi connectivity index (χ1) is 17.5. The molecule has 0 aromatic heterocycles. The number of aryl methyl sites for hydroxylation is 1. The molecule has 3 aromatic carbocycles. The van der Waals surface area contributed by atoms with Crippen LogP contribution >= 0.6 is 0 Å². The summed E-state index contributed by atoms with van der Waals surface area (Å²) in [6.45, 7) is 7.46. The number of anilines is 3. The Morgan fingerprint density at radius 3 is 2.08 bits per heavy atom. The summed E-state index contributed by atoms with van der Waals surface area (Å²) in [6.07, 6.45) is 1.17. The summed E-state index contributed by atoms with van der Waals surface area (Å²) < 4.78 is 0. The van der Waals surface area contributed by atoms with Crippen LogP contribution in [-0.4, -0.2) is 36.3 Å². The lowest BCUT2D eigenvalue weighted by molar-refractivity contribution is -0.127. The van der Waals surface area contributed by atoms with E-state index in [1.165, 1.54) is 11.9 Å². The van der Waals surface area contributed by atoms with Gasteiger partial charge in [0.15, 0.2) is 0 Å². The monoisotopic (exact) mass is 483 g/mol. The second kappa shape index (κ2) is 11.1. The Labute approximate surface area is 212 Å². The molecule has 1 aliphatic rings. The zero-order valence-electron chi connectivity index (χ0n) is 21.1. The molecule has 0 fully saturated rings. The summed E-state index contributed by atoms with van der Waals surface area (Å²) in [5, 5.41) is 12.4. The fraction of sp³-hybridized carbons (Fsp3) is 0.276. The number of carbonyl (C=O) groups excluding carboxylic acids is 2. The number of carbonyl (C=O) groups is 2. The maximum absolute atomic E-state index is 14.0. The highest BCUT2D eigenvalue weighted by Crippen LogP contribution is 2.31. The van der Waals surface area contributed by atoms with Gasteiger partial charge in [0.1, 0.15) is 0 Å². The molecule has 1 heterocycles. The van der Waals surface area contributed by atoms with Crippen LogP contribution < -0.4 is 20.5 Å². The molecule has 2 amide bonds. The number of hydrogen-bond donors (Lipinski definition) is 2. The lowest BCUT2D eigenvalue weighted by Crippen LogP contribution is -2.64. The number of nitrogens with one attached hydrogen (secondary N) is 2. The third-order valence-electron chi connectivity index (χ3n) is 6.35. The Balaban J connectivity index is 1.71. The highest BCUT2D eigenvalue weighted by molar-refractivity contribution is 6.25. The normalized spacial score (nSPS) is 17.0. The Kier molecular flexibility index (Phi) is 7.68. The maximum atomic E-state index is 14.0. The molecule has 0 saturated carbocycles. The van der Waals surface area contributed by atoms with Crippen LogP contribution in [0.4, 0.5) is 17.1 Å². The van der Waals surface area contributed by atoms with Crippen molar-refractivity contribution in [3.8, 4) is 0 Å². The third kappa shape index (κ3) is 5.25. The molecule has 186 valence electrons. The summed E-state index contributed by atoms with van der Waals surface area (Å²) in [5.74, 6) is -0.669. The zero-order valence-corrected chi connectivity index (χ0v) is 21.1. The lowest BCUT2D eigenvalue weighted by Gasteiger charge is -2.32. The minimum atomic E-state index is -1.49. The molecule has 1 atom stereocenters. The number of hydrogen-bond acceptors (Lipinski definition) is 5. The summed E-state index contributed by atoms with van der Waals surface area (Å²) in [6, 6.07) is 27.2. The summed E-state index contributed by atoms with van der Waals surface area (Å²) >= 11 is 0. The van der Waals surface area contributed by atoms with Crippen LogP contribution in [0.15, 0.2) is 90.0 Å². The molecular formula is C29H33N5O2. The Morgan fingerprint density at radius 2 is 1.50 bits per heavy atom. The first-order valence-electron chi connectivity index (χ1n) is 12.4. The molecule has 1 unspecified atom stereocenters. The van der Waals surface area contributed by atoms with Crippen LogP contribution in [0.5, 0.6) is 0 Å². The van der Waals surface area contributed by atoms with Crippen molar-refractivity contribution in [1.29, 1.82) is 0 Å². The second-order valence-corrected chi connectivity index (χ2v) is 8.76. The standard InChI is InChI=1S/C29H33N5O2/c1-4-33(5-2)25-19-17-24(18-20-25)31-29(30-22(3)35)27(21-16-23-12-8-6-9-13-23)32-34(28(29)36)26-14-10-7-11-15-26/h6-15,17-20,31H,4-5,16,21H2,1-3H3,(H,30,35). The Bertz CT molecular complexity index is 1210. The zero-order chi connectivity index (χ0) is 25.5. The molecule has 0 saturated heterocycles. The van der Waals surface area contributed by atoms with Crippen molar-refractivity contribution in [3.05, 3.63) is 90.5 Å². The van der Waals surface area contributed by atoms with E-state index in [0.717, 1.165) is 30.0 Å². The van der Waals surface area contributed by atoms with Gasteiger partial charge in [0.05, 0.1) is 11.4 Å². The van der Waals surface area contributed by atoms with E-state index in [1.807, 2.05) is 84.9 Å². The van der Waals surface area contributed by atoms with Crippen molar-refractivity contribution in [2.24, 2.45) is 5.10 Å². The largest absolute Gasteiger partial charge is 0.372 e. The van der Waals surface area contributed by atoms with Crippen molar-refractivity contribution >= 4 is 34.6 Å². The minimum Gasteiger partial charge on any atom is -0.372 e. The number of rotatable bonds is 10. The average Bonchev–Trinajstić information content (AvgIpc) is 3.16. The van der Waals surface area contributed by atoms with E-state index in [2.05, 4.69) is 29.4 Å². The minimum absolute atomic E-state index is 0.321. The van der Waals surface area contributed by atoms with Gasteiger partial charge in [-0.25, -0.2) is 0 Å². The first kappa shape index (κ1) is 25.0. The second-order valence-electron chi connectivity index (χ2n) is 8.76. The van der Waals surface area contributed by atoms with Gasteiger partial charge in [-0.3, -0.25) is 9.59 Å². The number of benzene rings is 3. The summed E-state index contributed by atoms with van der Waals surface area (Å²) in [5.41, 5.74) is 2.66. The van der Waals surface area contributed by atoms with Gasteiger partial charge >= 0.3 is 0 Å². The number of para-hydroxylation sites is 1. The molecule has 7 heteroatoms. The Hall–Kier alpha value is -4.13. The Morgan fingerprint density at radius 1 is 0.889 bits per heavy atom. The number of nitrogens with zero attached hydrogens (tertiary/aromatic N) is 3. The van der Waals surface area contributed by atoms with Crippen molar-refractivity contribution < 1.29 is 9.59 Å². The SMILES string of the molecule is CCN(CC)c1ccc(NC2(NC(C)=O)C(=O)N(c3ccccc3)N=C2CCc2ccccc2)cc1. The van der Waals surface area contributed by atoms with Gasteiger partial charge in [0.2, 0.25) is 11.6 Å². The fourth-order valence-corrected chi connectivity index (χ4v) is 4.52. The van der Waals surface area contributed by atoms with E-state index in [9.17, 15) is 9.59 Å². The number of hydrazone groups is 1. The topological polar surface area (TPSA) is 77.0 Å². The van der Waals surface area contributed by atoms with Gasteiger partial charge in [0.25, 0.3) is 5.91 Å². The van der Waals surface area contributed by atoms with Crippen molar-refractivity contribution in [1.82, 2.24) is 5.32 Å². The van der Waals surface area contributed by atoms with Crippen LogP contribution in [0.2, 0.25) is 0 Å². The first-order valence-corrected chi connectivity index (χ1v) is 12.4. The van der Waals surface area contributed by atoms with E-state index in [4.69, 9.17) is 5.10 Å². The van der Waals surface area contributed by atoms with E-state index in [0.29, 0.717) is 24.2 Å². The third-order valence-corrected chi connectivity index (χ3v) is 6.35. The molecule has 0 spiro atoms. The molecule has 0 bridgehead atoms. The van der Waals surface area contributed by atoms with Gasteiger partial charge in [-0.05, 0) is 68.7 Å². The van der Waals surface area contributed by atoms with Crippen molar-refractivity contribution in [2.75, 3.05) is 28.3 Å². The van der Waals surface area contributed by atoms with Gasteiger partial charge in [-0.2, -0.15) is 10.1 Å². The van der Waals surface area contributed by atoms with E-state index < -0.39 is 5.66 Å². The molecule has 7 nitrogen and oxygen atoms in total. The van der Waals surface area contributed by atoms with Gasteiger partial charge < -0.3 is 15.5 Å². The van der Waals surface area contributed by atoms with Crippen LogP contribution in [0.1, 0.15) is 32.8 Å². The van der Waals surface area contributed by atoms with Crippen LogP contribution in [-0.2, 0) is 16.0 Å². The maximum Gasteiger partial charge on any atom is 0.300 e.